The smallest absolute Gasteiger partial charge is 0.330 e. The summed E-state index contributed by atoms with van der Waals surface area (Å²) in [6, 6.07) is 7.41. The predicted octanol–water partition coefficient (Wildman–Crippen LogP) is 2.39. The van der Waals surface area contributed by atoms with Gasteiger partial charge in [-0.15, -0.1) is 0 Å². The SMILES string of the molecule is C=CC(=O)OCC(O)COc1ccc(C(C)(C)C2=CC(CC(O)COC(=O)C=C)C(O)C=C2)cc1. The van der Waals surface area contributed by atoms with Crippen LogP contribution in [0, 0.1) is 5.92 Å². The van der Waals surface area contributed by atoms with Crippen LogP contribution in [0.5, 0.6) is 5.75 Å². The van der Waals surface area contributed by atoms with Crippen molar-refractivity contribution in [2.24, 2.45) is 5.92 Å². The average molecular weight is 487 g/mol. The Morgan fingerprint density at radius 2 is 1.57 bits per heavy atom. The minimum absolute atomic E-state index is 0.0366. The summed E-state index contributed by atoms with van der Waals surface area (Å²) in [5.41, 5.74) is 1.56. The molecule has 35 heavy (non-hydrogen) atoms. The highest BCUT2D eigenvalue weighted by Gasteiger charge is 2.30. The molecule has 0 amide bonds. The van der Waals surface area contributed by atoms with Gasteiger partial charge in [0.15, 0.2) is 0 Å². The van der Waals surface area contributed by atoms with Crippen molar-refractivity contribution in [1.29, 1.82) is 0 Å². The number of aliphatic hydroxyl groups excluding tert-OH is 3. The van der Waals surface area contributed by atoms with Gasteiger partial charge in [-0.05, 0) is 29.7 Å². The van der Waals surface area contributed by atoms with Crippen molar-refractivity contribution in [3.8, 4) is 5.75 Å². The van der Waals surface area contributed by atoms with Crippen molar-refractivity contribution < 1.29 is 39.1 Å². The molecule has 1 aliphatic carbocycles. The van der Waals surface area contributed by atoms with Crippen LogP contribution in [-0.2, 0) is 24.5 Å². The summed E-state index contributed by atoms with van der Waals surface area (Å²) in [4.78, 5) is 22.3. The number of ether oxygens (including phenoxy) is 3. The Bertz CT molecular complexity index is 944. The van der Waals surface area contributed by atoms with Gasteiger partial charge >= 0.3 is 11.9 Å². The first-order chi connectivity index (χ1) is 16.6. The van der Waals surface area contributed by atoms with Crippen LogP contribution in [-0.4, -0.2) is 65.4 Å². The van der Waals surface area contributed by atoms with Crippen LogP contribution in [0.25, 0.3) is 0 Å². The molecule has 190 valence electrons. The Morgan fingerprint density at radius 1 is 1.00 bits per heavy atom. The van der Waals surface area contributed by atoms with Gasteiger partial charge in [-0.25, -0.2) is 9.59 Å². The number of rotatable bonds is 13. The van der Waals surface area contributed by atoms with Crippen molar-refractivity contribution in [2.45, 2.75) is 44.0 Å². The number of aliphatic hydroxyl groups is 3. The minimum atomic E-state index is -0.966. The van der Waals surface area contributed by atoms with E-state index >= 15 is 0 Å². The van der Waals surface area contributed by atoms with Crippen molar-refractivity contribution in [3.63, 3.8) is 0 Å². The second kappa shape index (κ2) is 13.0. The Kier molecular flexibility index (Phi) is 10.4. The van der Waals surface area contributed by atoms with Gasteiger partial charge in [0.2, 0.25) is 0 Å². The quantitative estimate of drug-likeness (QED) is 0.287. The van der Waals surface area contributed by atoms with Gasteiger partial charge in [0.25, 0.3) is 0 Å². The lowest BCUT2D eigenvalue weighted by Gasteiger charge is -2.32. The molecular formula is C27H34O8. The zero-order valence-electron chi connectivity index (χ0n) is 20.1. The van der Waals surface area contributed by atoms with Gasteiger partial charge in [-0.2, -0.15) is 0 Å². The molecule has 1 aliphatic rings. The van der Waals surface area contributed by atoms with E-state index in [9.17, 15) is 24.9 Å². The van der Waals surface area contributed by atoms with E-state index < -0.39 is 35.7 Å². The zero-order valence-corrected chi connectivity index (χ0v) is 20.1. The molecule has 0 aliphatic heterocycles. The van der Waals surface area contributed by atoms with E-state index in [-0.39, 0.29) is 32.2 Å². The number of carbonyl (C=O) groups excluding carboxylic acids is 2. The molecule has 3 N–H and O–H groups in total. The van der Waals surface area contributed by atoms with E-state index in [4.69, 9.17) is 14.2 Å². The van der Waals surface area contributed by atoms with E-state index in [1.54, 1.807) is 18.2 Å². The molecule has 1 aromatic carbocycles. The van der Waals surface area contributed by atoms with Crippen LogP contribution in [0.1, 0.15) is 25.8 Å². The Morgan fingerprint density at radius 3 is 2.14 bits per heavy atom. The lowest BCUT2D eigenvalue weighted by atomic mass is 9.73. The van der Waals surface area contributed by atoms with Crippen LogP contribution >= 0.6 is 0 Å². The van der Waals surface area contributed by atoms with Crippen LogP contribution in [0.2, 0.25) is 0 Å². The topological polar surface area (TPSA) is 123 Å². The highest BCUT2D eigenvalue weighted by atomic mass is 16.5. The summed E-state index contributed by atoms with van der Waals surface area (Å²) in [7, 11) is 0. The van der Waals surface area contributed by atoms with Crippen molar-refractivity contribution in [1.82, 2.24) is 0 Å². The summed E-state index contributed by atoms with van der Waals surface area (Å²) < 4.78 is 15.2. The maximum Gasteiger partial charge on any atom is 0.330 e. The zero-order chi connectivity index (χ0) is 26.0. The van der Waals surface area contributed by atoms with E-state index in [0.717, 1.165) is 23.3 Å². The van der Waals surface area contributed by atoms with Crippen LogP contribution in [0.15, 0.2) is 73.4 Å². The lowest BCUT2D eigenvalue weighted by molar-refractivity contribution is -0.141. The predicted molar refractivity (Wildman–Crippen MR) is 131 cm³/mol. The number of benzene rings is 1. The molecule has 0 saturated heterocycles. The molecule has 8 nitrogen and oxygen atoms in total. The van der Waals surface area contributed by atoms with Gasteiger partial charge in [0, 0.05) is 23.5 Å². The molecule has 0 saturated carbocycles. The molecule has 1 aromatic rings. The summed E-state index contributed by atoms with van der Waals surface area (Å²) in [6.45, 7) is 10.3. The first-order valence-corrected chi connectivity index (χ1v) is 11.3. The van der Waals surface area contributed by atoms with Gasteiger partial charge in [0.05, 0.1) is 12.2 Å². The summed E-state index contributed by atoms with van der Waals surface area (Å²) in [6.07, 6.45) is 5.15. The molecule has 2 rings (SSSR count). The van der Waals surface area contributed by atoms with Gasteiger partial charge < -0.3 is 29.5 Å². The molecule has 0 fully saturated rings. The number of hydrogen-bond acceptors (Lipinski definition) is 8. The highest BCUT2D eigenvalue weighted by molar-refractivity contribution is 5.81. The maximum atomic E-state index is 11.2. The molecule has 0 aromatic heterocycles. The summed E-state index contributed by atoms with van der Waals surface area (Å²) >= 11 is 0. The molecular weight excluding hydrogens is 452 g/mol. The number of carbonyl (C=O) groups is 2. The maximum absolute atomic E-state index is 11.2. The van der Waals surface area contributed by atoms with Gasteiger partial charge in [-0.1, -0.05) is 57.4 Å². The van der Waals surface area contributed by atoms with E-state index in [1.165, 1.54) is 0 Å². The second-order valence-corrected chi connectivity index (χ2v) is 8.81. The monoisotopic (exact) mass is 486 g/mol. The standard InChI is InChI=1S/C27H34O8/c1-5-25(31)34-15-21(28)14-18-13-20(9-12-24(18)30)27(3,4)19-7-10-23(11-8-19)33-16-22(29)17-35-26(32)6-2/h5-13,18,21-22,24,28-30H,1-2,14-17H2,3-4H3. The first-order valence-electron chi connectivity index (χ1n) is 11.3. The number of hydrogen-bond donors (Lipinski definition) is 3. The molecule has 4 unspecified atom stereocenters. The normalized spacial score (nSPS) is 19.2. The Labute approximate surface area is 205 Å². The number of allylic oxidation sites excluding steroid dienone is 2. The first kappa shape index (κ1) is 28.0. The Hall–Kier alpha value is -3.20. The largest absolute Gasteiger partial charge is 0.491 e. The third-order valence-corrected chi connectivity index (χ3v) is 5.76. The number of esters is 2. The third-order valence-electron chi connectivity index (χ3n) is 5.76. The fourth-order valence-corrected chi connectivity index (χ4v) is 3.59. The fourth-order valence-electron chi connectivity index (χ4n) is 3.59. The molecule has 0 radical (unpaired) electrons. The van der Waals surface area contributed by atoms with E-state index in [0.29, 0.717) is 5.75 Å². The van der Waals surface area contributed by atoms with E-state index in [2.05, 4.69) is 13.2 Å². The third kappa shape index (κ3) is 8.51. The molecule has 0 spiro atoms. The molecule has 0 bridgehead atoms. The van der Waals surface area contributed by atoms with Crippen LogP contribution in [0.3, 0.4) is 0 Å². The fraction of sp³-hybridized carbons (Fsp3) is 0.407. The summed E-state index contributed by atoms with van der Waals surface area (Å²) in [5.74, 6) is -1.01. The lowest BCUT2D eigenvalue weighted by Crippen LogP contribution is -2.30. The second-order valence-electron chi connectivity index (χ2n) is 8.81. The van der Waals surface area contributed by atoms with E-state index in [1.807, 2.05) is 38.1 Å². The van der Waals surface area contributed by atoms with Crippen LogP contribution in [0.4, 0.5) is 0 Å². The van der Waals surface area contributed by atoms with Gasteiger partial charge in [-0.3, -0.25) is 0 Å². The highest BCUT2D eigenvalue weighted by Crippen LogP contribution is 2.37. The molecule has 4 atom stereocenters. The molecule has 0 heterocycles. The summed E-state index contributed by atoms with van der Waals surface area (Å²) in [5, 5.41) is 30.5. The van der Waals surface area contributed by atoms with Crippen molar-refractivity contribution in [2.75, 3.05) is 19.8 Å². The van der Waals surface area contributed by atoms with Crippen LogP contribution < -0.4 is 4.74 Å². The average Bonchev–Trinajstić information content (AvgIpc) is 2.85. The minimum Gasteiger partial charge on any atom is -0.491 e. The molecule has 8 heteroatoms. The van der Waals surface area contributed by atoms with Crippen molar-refractivity contribution in [3.05, 3.63) is 78.9 Å². The Balaban J connectivity index is 2.00. The van der Waals surface area contributed by atoms with Gasteiger partial charge in [0.1, 0.15) is 31.7 Å². The van der Waals surface area contributed by atoms with Crippen molar-refractivity contribution >= 4 is 11.9 Å².